The number of nitrogens with one attached hydrogen (secondary N) is 1. The molecule has 7 nitrogen and oxygen atoms in total. The minimum absolute atomic E-state index is 0.142. The lowest BCUT2D eigenvalue weighted by Crippen LogP contribution is -2.00. The maximum Gasteiger partial charge on any atom is 0.295 e. The van der Waals surface area contributed by atoms with Gasteiger partial charge in [-0.1, -0.05) is 48.6 Å². The minimum atomic E-state index is -4.29. The van der Waals surface area contributed by atoms with Gasteiger partial charge in [0.05, 0.1) is 6.20 Å². The lowest BCUT2D eigenvalue weighted by Gasteiger charge is -2.08. The van der Waals surface area contributed by atoms with Crippen molar-refractivity contribution in [2.45, 2.75) is 4.90 Å². The number of benzene rings is 2. The Labute approximate surface area is 144 Å². The SMILES string of the molecule is O=S(=O)(O)c1ccccc1/C=C/c1ccccc1Nc1ccnnn1. The topological polar surface area (TPSA) is 105 Å². The second kappa shape index (κ2) is 7.20. The average molecular weight is 354 g/mol. The summed E-state index contributed by atoms with van der Waals surface area (Å²) in [5.41, 5.74) is 1.97. The molecule has 25 heavy (non-hydrogen) atoms. The van der Waals surface area contributed by atoms with Gasteiger partial charge in [0.1, 0.15) is 4.90 Å². The monoisotopic (exact) mass is 354 g/mol. The third-order valence-electron chi connectivity index (χ3n) is 3.37. The fourth-order valence-corrected chi connectivity index (χ4v) is 2.92. The Morgan fingerprint density at radius 2 is 1.60 bits per heavy atom. The Kier molecular flexibility index (Phi) is 4.82. The van der Waals surface area contributed by atoms with Gasteiger partial charge in [-0.15, -0.1) is 10.2 Å². The lowest BCUT2D eigenvalue weighted by molar-refractivity contribution is 0.483. The molecule has 2 aromatic carbocycles. The predicted molar refractivity (Wildman–Crippen MR) is 94.7 cm³/mol. The number of hydrogen-bond donors (Lipinski definition) is 2. The predicted octanol–water partition coefficient (Wildman–Crippen LogP) is 3.03. The van der Waals surface area contributed by atoms with Gasteiger partial charge in [0.15, 0.2) is 5.82 Å². The fourth-order valence-electron chi connectivity index (χ4n) is 2.23. The zero-order valence-corrected chi connectivity index (χ0v) is 13.8. The van der Waals surface area contributed by atoms with E-state index in [-0.39, 0.29) is 4.90 Å². The van der Waals surface area contributed by atoms with Gasteiger partial charge in [-0.05, 0) is 28.5 Å². The van der Waals surface area contributed by atoms with Crippen molar-refractivity contribution in [3.63, 3.8) is 0 Å². The summed E-state index contributed by atoms with van der Waals surface area (Å²) in [6, 6.07) is 15.3. The van der Waals surface area contributed by atoms with Crippen molar-refractivity contribution >= 4 is 33.8 Å². The summed E-state index contributed by atoms with van der Waals surface area (Å²) < 4.78 is 32.2. The summed E-state index contributed by atoms with van der Waals surface area (Å²) in [6.07, 6.45) is 4.90. The molecule has 3 rings (SSSR count). The molecular formula is C17H14N4O3S. The average Bonchev–Trinajstić information content (AvgIpc) is 2.61. The standard InChI is InChI=1S/C17H14N4O3S/c22-25(23,24)16-8-4-2-6-14(16)10-9-13-5-1-3-7-15(13)19-17-11-12-18-21-20-17/h1-12H,(H,18,19,20)(H,22,23,24)/b10-9+. The van der Waals surface area contributed by atoms with Gasteiger partial charge in [0.2, 0.25) is 0 Å². The van der Waals surface area contributed by atoms with E-state index in [4.69, 9.17) is 0 Å². The molecule has 0 saturated heterocycles. The highest BCUT2D eigenvalue weighted by atomic mass is 32.2. The molecule has 1 aromatic heterocycles. The van der Waals surface area contributed by atoms with Crippen LogP contribution in [0, 0.1) is 0 Å². The quantitative estimate of drug-likeness (QED) is 0.536. The molecule has 0 radical (unpaired) electrons. The van der Waals surface area contributed by atoms with E-state index in [9.17, 15) is 13.0 Å². The normalized spacial score (nSPS) is 11.6. The van der Waals surface area contributed by atoms with Gasteiger partial charge in [0, 0.05) is 11.8 Å². The number of rotatable bonds is 5. The molecule has 2 N–H and O–H groups in total. The number of hydrogen-bond acceptors (Lipinski definition) is 6. The van der Waals surface area contributed by atoms with E-state index in [2.05, 4.69) is 20.7 Å². The second-order valence-electron chi connectivity index (χ2n) is 5.06. The number of para-hydroxylation sites is 1. The van der Waals surface area contributed by atoms with Crippen LogP contribution in [0.25, 0.3) is 12.2 Å². The maximum absolute atomic E-state index is 11.5. The van der Waals surface area contributed by atoms with Crippen LogP contribution in [-0.2, 0) is 10.1 Å². The highest BCUT2D eigenvalue weighted by Crippen LogP contribution is 2.23. The van der Waals surface area contributed by atoms with E-state index in [1.165, 1.54) is 12.3 Å². The van der Waals surface area contributed by atoms with Crippen LogP contribution in [0.1, 0.15) is 11.1 Å². The van der Waals surface area contributed by atoms with Gasteiger partial charge in [-0.3, -0.25) is 4.55 Å². The van der Waals surface area contributed by atoms with Crippen LogP contribution >= 0.6 is 0 Å². The number of nitrogens with zero attached hydrogens (tertiary/aromatic N) is 3. The molecule has 126 valence electrons. The molecule has 0 spiro atoms. The van der Waals surface area contributed by atoms with Gasteiger partial charge in [-0.25, -0.2) is 0 Å². The highest BCUT2D eigenvalue weighted by Gasteiger charge is 2.12. The zero-order valence-electron chi connectivity index (χ0n) is 12.9. The van der Waals surface area contributed by atoms with E-state index in [1.54, 1.807) is 36.4 Å². The molecule has 0 aliphatic carbocycles. The van der Waals surface area contributed by atoms with Crippen molar-refractivity contribution in [3.05, 3.63) is 71.9 Å². The second-order valence-corrected chi connectivity index (χ2v) is 6.45. The van der Waals surface area contributed by atoms with Crippen molar-refractivity contribution < 1.29 is 13.0 Å². The van der Waals surface area contributed by atoms with E-state index >= 15 is 0 Å². The van der Waals surface area contributed by atoms with Gasteiger partial charge >= 0.3 is 0 Å². The molecule has 0 unspecified atom stereocenters. The zero-order chi connectivity index (χ0) is 17.7. The first-order valence-corrected chi connectivity index (χ1v) is 8.73. The molecule has 0 bridgehead atoms. The Hall–Kier alpha value is -3.10. The molecule has 0 saturated carbocycles. The van der Waals surface area contributed by atoms with Crippen molar-refractivity contribution in [2.75, 3.05) is 5.32 Å². The van der Waals surface area contributed by atoms with Gasteiger partial charge < -0.3 is 5.32 Å². The van der Waals surface area contributed by atoms with Crippen LogP contribution in [0.4, 0.5) is 11.5 Å². The Bertz CT molecular complexity index is 1010. The Balaban J connectivity index is 1.93. The molecule has 8 heteroatoms. The molecule has 0 aliphatic heterocycles. The minimum Gasteiger partial charge on any atom is -0.338 e. The van der Waals surface area contributed by atoms with Crippen LogP contribution in [0.2, 0.25) is 0 Å². The summed E-state index contributed by atoms with van der Waals surface area (Å²) in [5.74, 6) is 0.536. The molecule has 0 amide bonds. The highest BCUT2D eigenvalue weighted by molar-refractivity contribution is 7.85. The lowest BCUT2D eigenvalue weighted by atomic mass is 10.1. The molecule has 0 atom stereocenters. The van der Waals surface area contributed by atoms with Crippen molar-refractivity contribution in [2.24, 2.45) is 0 Å². The van der Waals surface area contributed by atoms with Gasteiger partial charge in [-0.2, -0.15) is 8.42 Å². The van der Waals surface area contributed by atoms with E-state index in [1.807, 2.05) is 24.3 Å². The summed E-state index contributed by atoms with van der Waals surface area (Å²) in [4.78, 5) is -0.142. The van der Waals surface area contributed by atoms with Crippen LogP contribution in [-0.4, -0.2) is 28.4 Å². The summed E-state index contributed by atoms with van der Waals surface area (Å²) in [6.45, 7) is 0. The maximum atomic E-state index is 11.5. The Morgan fingerprint density at radius 1 is 0.920 bits per heavy atom. The molecule has 1 heterocycles. The molecular weight excluding hydrogens is 340 g/mol. The smallest absolute Gasteiger partial charge is 0.295 e. The number of anilines is 2. The van der Waals surface area contributed by atoms with E-state index in [0.717, 1.165) is 11.3 Å². The number of aromatic nitrogens is 3. The molecule has 3 aromatic rings. The van der Waals surface area contributed by atoms with Gasteiger partial charge in [0.25, 0.3) is 10.1 Å². The summed E-state index contributed by atoms with van der Waals surface area (Å²) in [5, 5.41) is 14.2. The van der Waals surface area contributed by atoms with E-state index < -0.39 is 10.1 Å². The first-order valence-electron chi connectivity index (χ1n) is 7.29. The van der Waals surface area contributed by atoms with Crippen molar-refractivity contribution in [3.8, 4) is 0 Å². The van der Waals surface area contributed by atoms with Crippen LogP contribution in [0.3, 0.4) is 0 Å². The molecule has 0 aliphatic rings. The fraction of sp³-hybridized carbons (Fsp3) is 0. The van der Waals surface area contributed by atoms with E-state index in [0.29, 0.717) is 11.4 Å². The van der Waals surface area contributed by atoms with Crippen molar-refractivity contribution in [1.82, 2.24) is 15.4 Å². The molecule has 0 fully saturated rings. The third kappa shape index (κ3) is 4.25. The first kappa shape index (κ1) is 16.7. The largest absolute Gasteiger partial charge is 0.338 e. The Morgan fingerprint density at radius 3 is 2.32 bits per heavy atom. The van der Waals surface area contributed by atoms with Crippen molar-refractivity contribution in [1.29, 1.82) is 0 Å². The van der Waals surface area contributed by atoms with Crippen LogP contribution in [0.5, 0.6) is 0 Å². The van der Waals surface area contributed by atoms with Crippen LogP contribution in [0.15, 0.2) is 65.7 Å². The summed E-state index contributed by atoms with van der Waals surface area (Å²) >= 11 is 0. The third-order valence-corrected chi connectivity index (χ3v) is 4.29. The van der Waals surface area contributed by atoms with Crippen LogP contribution < -0.4 is 5.32 Å². The first-order chi connectivity index (χ1) is 12.0. The summed E-state index contributed by atoms with van der Waals surface area (Å²) in [7, 11) is -4.29.